The van der Waals surface area contributed by atoms with Crippen LogP contribution in [-0.4, -0.2) is 6.54 Å². The van der Waals surface area contributed by atoms with Crippen LogP contribution in [0.4, 0.5) is 5.69 Å². The number of nitriles is 1. The fraction of sp³-hybridized carbons (Fsp3) is 0.533. The molecule has 0 radical (unpaired) electrons. The van der Waals surface area contributed by atoms with Gasteiger partial charge < -0.3 is 5.32 Å². The Morgan fingerprint density at radius 2 is 2.06 bits per heavy atom. The maximum atomic E-state index is 9.08. The predicted octanol–water partition coefficient (Wildman–Crippen LogP) is 4.70. The average Bonchev–Trinajstić information content (AvgIpc) is 2.41. The van der Waals surface area contributed by atoms with E-state index in [9.17, 15) is 0 Å². The highest BCUT2D eigenvalue weighted by atomic mass is 79.9. The van der Waals surface area contributed by atoms with E-state index in [1.807, 2.05) is 18.2 Å². The highest BCUT2D eigenvalue weighted by molar-refractivity contribution is 9.10. The molecule has 2 nitrogen and oxygen atoms in total. The topological polar surface area (TPSA) is 35.8 Å². The van der Waals surface area contributed by atoms with E-state index in [0.717, 1.165) is 22.6 Å². The lowest BCUT2D eigenvalue weighted by Gasteiger charge is -2.21. The number of hydrogen-bond donors (Lipinski definition) is 1. The summed E-state index contributed by atoms with van der Waals surface area (Å²) < 4.78 is 0.955. The monoisotopic (exact) mass is 306 g/mol. The third kappa shape index (κ3) is 3.74. The minimum absolute atomic E-state index is 0.716. The lowest BCUT2D eigenvalue weighted by Crippen LogP contribution is -2.12. The summed E-state index contributed by atoms with van der Waals surface area (Å²) in [6, 6.07) is 8.05. The molecule has 1 aromatic carbocycles. The molecule has 0 bridgehead atoms. The molecule has 0 aromatic heterocycles. The quantitative estimate of drug-likeness (QED) is 0.875. The molecule has 1 aliphatic rings. The number of nitrogens with zero attached hydrogens (tertiary/aromatic N) is 1. The molecule has 3 heteroatoms. The molecule has 18 heavy (non-hydrogen) atoms. The van der Waals surface area contributed by atoms with Gasteiger partial charge in [0.15, 0.2) is 0 Å². The number of nitrogens with one attached hydrogen (secondary N) is 1. The van der Waals surface area contributed by atoms with Crippen LogP contribution in [0.5, 0.6) is 0 Å². The van der Waals surface area contributed by atoms with Crippen LogP contribution in [0.2, 0.25) is 0 Å². The summed E-state index contributed by atoms with van der Waals surface area (Å²) in [7, 11) is 0. The summed E-state index contributed by atoms with van der Waals surface area (Å²) in [6.45, 7) is 0.973. The third-order valence-corrected chi connectivity index (χ3v) is 4.19. The molecule has 1 fully saturated rings. The van der Waals surface area contributed by atoms with Crippen LogP contribution in [0, 0.1) is 17.2 Å². The van der Waals surface area contributed by atoms with Crippen molar-refractivity contribution in [1.29, 1.82) is 5.26 Å². The molecule has 0 amide bonds. The zero-order chi connectivity index (χ0) is 12.8. The summed E-state index contributed by atoms with van der Waals surface area (Å²) in [5, 5.41) is 12.5. The highest BCUT2D eigenvalue weighted by Gasteiger charge is 2.12. The summed E-state index contributed by atoms with van der Waals surface area (Å²) in [5.74, 6) is 0.882. The smallest absolute Gasteiger partial charge is 0.101 e. The van der Waals surface area contributed by atoms with Gasteiger partial charge in [-0.3, -0.25) is 0 Å². The van der Waals surface area contributed by atoms with Crippen LogP contribution in [0.3, 0.4) is 0 Å². The Labute approximate surface area is 118 Å². The fourth-order valence-corrected chi connectivity index (χ4v) is 3.01. The first kappa shape index (κ1) is 13.4. The predicted molar refractivity (Wildman–Crippen MR) is 78.5 cm³/mol. The van der Waals surface area contributed by atoms with E-state index in [1.165, 1.54) is 38.5 Å². The second kappa shape index (κ2) is 6.80. The average molecular weight is 307 g/mol. The van der Waals surface area contributed by atoms with Gasteiger partial charge in [0.2, 0.25) is 0 Å². The van der Waals surface area contributed by atoms with Crippen LogP contribution in [0.25, 0.3) is 0 Å². The van der Waals surface area contributed by atoms with Crippen molar-refractivity contribution in [3.8, 4) is 6.07 Å². The number of hydrogen-bond acceptors (Lipinski definition) is 2. The second-order valence-electron chi connectivity index (χ2n) is 5.02. The van der Waals surface area contributed by atoms with Gasteiger partial charge in [0.1, 0.15) is 6.07 Å². The molecule has 1 aliphatic carbocycles. The Kier molecular flexibility index (Phi) is 5.07. The summed E-state index contributed by atoms with van der Waals surface area (Å²) in [4.78, 5) is 0. The maximum absolute atomic E-state index is 9.08. The largest absolute Gasteiger partial charge is 0.384 e. The molecule has 96 valence electrons. The molecule has 0 saturated heterocycles. The van der Waals surface area contributed by atoms with Crippen LogP contribution in [-0.2, 0) is 0 Å². The third-order valence-electron chi connectivity index (χ3n) is 3.69. The highest BCUT2D eigenvalue weighted by Crippen LogP contribution is 2.26. The maximum Gasteiger partial charge on any atom is 0.101 e. The van der Waals surface area contributed by atoms with Crippen LogP contribution in [0.15, 0.2) is 22.7 Å². The molecule has 0 aliphatic heterocycles. The van der Waals surface area contributed by atoms with Crippen LogP contribution in [0.1, 0.15) is 44.1 Å². The van der Waals surface area contributed by atoms with Crippen molar-refractivity contribution in [2.24, 2.45) is 5.92 Å². The van der Waals surface area contributed by atoms with Gasteiger partial charge in [-0.25, -0.2) is 0 Å². The Morgan fingerprint density at radius 1 is 1.28 bits per heavy atom. The minimum Gasteiger partial charge on any atom is -0.384 e. The van der Waals surface area contributed by atoms with Crippen molar-refractivity contribution in [3.63, 3.8) is 0 Å². The number of anilines is 1. The first-order valence-electron chi connectivity index (χ1n) is 6.73. The normalized spacial score (nSPS) is 16.2. The number of benzene rings is 1. The second-order valence-corrected chi connectivity index (χ2v) is 5.94. The Balaban J connectivity index is 1.84. The molecule has 1 N–H and O–H groups in total. The zero-order valence-electron chi connectivity index (χ0n) is 10.6. The van der Waals surface area contributed by atoms with E-state index in [2.05, 4.69) is 27.3 Å². The van der Waals surface area contributed by atoms with Gasteiger partial charge in [-0.2, -0.15) is 5.26 Å². The Hall–Kier alpha value is -1.01. The van der Waals surface area contributed by atoms with Gasteiger partial charge >= 0.3 is 0 Å². The molecule has 0 unspecified atom stereocenters. The van der Waals surface area contributed by atoms with Gasteiger partial charge in [-0.15, -0.1) is 0 Å². The van der Waals surface area contributed by atoms with Crippen LogP contribution < -0.4 is 5.32 Å². The molecule has 1 saturated carbocycles. The summed E-state index contributed by atoms with van der Waals surface area (Å²) in [6.07, 6.45) is 8.19. The lowest BCUT2D eigenvalue weighted by atomic mass is 9.87. The zero-order valence-corrected chi connectivity index (χ0v) is 12.2. The van der Waals surface area contributed by atoms with Crippen molar-refractivity contribution < 1.29 is 0 Å². The van der Waals surface area contributed by atoms with E-state index in [1.54, 1.807) is 0 Å². The van der Waals surface area contributed by atoms with Crippen molar-refractivity contribution in [2.45, 2.75) is 38.5 Å². The molecule has 1 aromatic rings. The van der Waals surface area contributed by atoms with E-state index in [4.69, 9.17) is 5.26 Å². The minimum atomic E-state index is 0.716. The summed E-state index contributed by atoms with van der Waals surface area (Å²) in [5.41, 5.74) is 1.67. The summed E-state index contributed by atoms with van der Waals surface area (Å²) >= 11 is 3.39. The van der Waals surface area contributed by atoms with Crippen molar-refractivity contribution in [2.75, 3.05) is 11.9 Å². The first-order chi connectivity index (χ1) is 8.79. The lowest BCUT2D eigenvalue weighted by molar-refractivity contribution is 0.345. The van der Waals surface area contributed by atoms with E-state index < -0.39 is 0 Å². The Bertz CT molecular complexity index is 431. The van der Waals surface area contributed by atoms with Crippen molar-refractivity contribution >= 4 is 21.6 Å². The molecular weight excluding hydrogens is 288 g/mol. The first-order valence-corrected chi connectivity index (χ1v) is 7.52. The van der Waals surface area contributed by atoms with Gasteiger partial charge in [0, 0.05) is 11.0 Å². The van der Waals surface area contributed by atoms with Crippen LogP contribution >= 0.6 is 15.9 Å². The number of halogens is 1. The van der Waals surface area contributed by atoms with Crippen molar-refractivity contribution in [1.82, 2.24) is 0 Å². The van der Waals surface area contributed by atoms with Gasteiger partial charge in [-0.05, 0) is 30.5 Å². The van der Waals surface area contributed by atoms with Crippen molar-refractivity contribution in [3.05, 3.63) is 28.2 Å². The standard InChI is InChI=1S/C15H19BrN2/c16-14-6-7-15(13(10-14)11-17)18-9-8-12-4-2-1-3-5-12/h6-7,10,12,18H,1-5,8-9H2. The molecule has 2 rings (SSSR count). The van der Waals surface area contributed by atoms with Gasteiger partial charge in [-0.1, -0.05) is 48.0 Å². The van der Waals surface area contributed by atoms with E-state index >= 15 is 0 Å². The fourth-order valence-electron chi connectivity index (χ4n) is 2.65. The van der Waals surface area contributed by atoms with E-state index in [0.29, 0.717) is 5.56 Å². The molecule has 0 spiro atoms. The van der Waals surface area contributed by atoms with Gasteiger partial charge in [0.25, 0.3) is 0 Å². The SMILES string of the molecule is N#Cc1cc(Br)ccc1NCCC1CCCCC1. The van der Waals surface area contributed by atoms with Gasteiger partial charge in [0.05, 0.1) is 11.3 Å². The number of rotatable bonds is 4. The Morgan fingerprint density at radius 3 is 2.78 bits per heavy atom. The van der Waals surface area contributed by atoms with E-state index in [-0.39, 0.29) is 0 Å². The molecular formula is C15H19BrN2. The molecule has 0 atom stereocenters. The molecule has 0 heterocycles.